The summed E-state index contributed by atoms with van der Waals surface area (Å²) in [6, 6.07) is 0. The van der Waals surface area contributed by atoms with Crippen molar-refractivity contribution in [3.63, 3.8) is 0 Å². The third-order valence-electron chi connectivity index (χ3n) is 4.87. The molecular formula is C16H32O. The van der Waals surface area contributed by atoms with Gasteiger partial charge in [0, 0.05) is 0 Å². The molecule has 1 atom stereocenters. The summed E-state index contributed by atoms with van der Waals surface area (Å²) in [5, 5.41) is 10.4. The first-order valence-electron chi connectivity index (χ1n) is 7.90. The molecule has 0 bridgehead atoms. The van der Waals surface area contributed by atoms with Crippen LogP contribution in [-0.2, 0) is 0 Å². The van der Waals surface area contributed by atoms with Crippen LogP contribution in [0.25, 0.3) is 0 Å². The zero-order valence-electron chi connectivity index (χ0n) is 12.1. The second kappa shape index (κ2) is 8.13. The molecule has 17 heavy (non-hydrogen) atoms. The maximum atomic E-state index is 10.4. The van der Waals surface area contributed by atoms with Crippen molar-refractivity contribution in [1.29, 1.82) is 0 Å². The third-order valence-corrected chi connectivity index (χ3v) is 4.87. The average molecular weight is 240 g/mol. The van der Waals surface area contributed by atoms with E-state index >= 15 is 0 Å². The van der Waals surface area contributed by atoms with Crippen molar-refractivity contribution < 1.29 is 5.11 Å². The quantitative estimate of drug-likeness (QED) is 0.679. The smallest absolute Gasteiger partial charge is 0.0596 e. The monoisotopic (exact) mass is 240 g/mol. The van der Waals surface area contributed by atoms with Crippen molar-refractivity contribution >= 4 is 0 Å². The van der Waals surface area contributed by atoms with Gasteiger partial charge >= 0.3 is 0 Å². The minimum absolute atomic E-state index is 0.0304. The zero-order valence-corrected chi connectivity index (χ0v) is 12.1. The molecule has 0 aromatic carbocycles. The van der Waals surface area contributed by atoms with Gasteiger partial charge in [-0.3, -0.25) is 0 Å². The first kappa shape index (κ1) is 15.0. The predicted octanol–water partition coefficient (Wildman–Crippen LogP) is 4.78. The van der Waals surface area contributed by atoms with Gasteiger partial charge in [-0.15, -0.1) is 0 Å². The molecule has 1 heteroatoms. The summed E-state index contributed by atoms with van der Waals surface area (Å²) in [7, 11) is 0. The number of hydrogen-bond donors (Lipinski definition) is 1. The minimum Gasteiger partial charge on any atom is -0.393 e. The normalized spacial score (nSPS) is 27.4. The fourth-order valence-electron chi connectivity index (χ4n) is 3.47. The van der Waals surface area contributed by atoms with Crippen molar-refractivity contribution in [2.24, 2.45) is 17.8 Å². The Labute approximate surface area is 108 Å². The Morgan fingerprint density at radius 3 is 2.06 bits per heavy atom. The largest absolute Gasteiger partial charge is 0.393 e. The van der Waals surface area contributed by atoms with E-state index in [9.17, 15) is 5.11 Å². The van der Waals surface area contributed by atoms with E-state index in [1.54, 1.807) is 0 Å². The highest BCUT2D eigenvalue weighted by Crippen LogP contribution is 2.36. The predicted molar refractivity (Wildman–Crippen MR) is 75.1 cm³/mol. The van der Waals surface area contributed by atoms with Gasteiger partial charge in [0.25, 0.3) is 0 Å². The van der Waals surface area contributed by atoms with Crippen LogP contribution in [0.5, 0.6) is 0 Å². The van der Waals surface area contributed by atoms with E-state index in [4.69, 9.17) is 0 Å². The summed E-state index contributed by atoms with van der Waals surface area (Å²) in [6.45, 7) is 6.71. The summed E-state index contributed by atoms with van der Waals surface area (Å²) in [5.74, 6) is 2.09. The van der Waals surface area contributed by atoms with E-state index in [0.29, 0.717) is 11.8 Å². The molecule has 0 aromatic rings. The number of unbranched alkanes of at least 4 members (excludes halogenated alkanes) is 1. The maximum absolute atomic E-state index is 10.4. The van der Waals surface area contributed by atoms with Gasteiger partial charge in [-0.25, -0.2) is 0 Å². The summed E-state index contributed by atoms with van der Waals surface area (Å²) in [6.07, 6.45) is 11.6. The molecule has 0 spiro atoms. The highest BCUT2D eigenvalue weighted by atomic mass is 16.3. The Morgan fingerprint density at radius 2 is 1.59 bits per heavy atom. The van der Waals surface area contributed by atoms with Crippen LogP contribution in [0.1, 0.15) is 78.6 Å². The van der Waals surface area contributed by atoms with Crippen molar-refractivity contribution in [2.45, 2.75) is 84.7 Å². The lowest BCUT2D eigenvalue weighted by Gasteiger charge is -2.34. The zero-order chi connectivity index (χ0) is 12.7. The highest BCUT2D eigenvalue weighted by molar-refractivity contribution is 4.80. The Hall–Kier alpha value is -0.0400. The van der Waals surface area contributed by atoms with Gasteiger partial charge in [-0.05, 0) is 30.6 Å². The molecule has 0 aliphatic heterocycles. The van der Waals surface area contributed by atoms with Crippen LogP contribution in [0, 0.1) is 17.8 Å². The van der Waals surface area contributed by atoms with E-state index < -0.39 is 0 Å². The van der Waals surface area contributed by atoms with Gasteiger partial charge in [0.05, 0.1) is 6.10 Å². The van der Waals surface area contributed by atoms with Crippen LogP contribution in [0.3, 0.4) is 0 Å². The Kier molecular flexibility index (Phi) is 7.18. The summed E-state index contributed by atoms with van der Waals surface area (Å²) in [5.41, 5.74) is 0. The number of hydrogen-bond acceptors (Lipinski definition) is 1. The van der Waals surface area contributed by atoms with Crippen molar-refractivity contribution in [2.75, 3.05) is 0 Å². The van der Waals surface area contributed by atoms with E-state index in [0.717, 1.165) is 18.8 Å². The van der Waals surface area contributed by atoms with Gasteiger partial charge < -0.3 is 5.11 Å². The molecule has 1 rings (SSSR count). The molecule has 102 valence electrons. The van der Waals surface area contributed by atoms with Crippen LogP contribution >= 0.6 is 0 Å². The van der Waals surface area contributed by atoms with Gasteiger partial charge in [0.1, 0.15) is 0 Å². The van der Waals surface area contributed by atoms with E-state index in [-0.39, 0.29) is 6.10 Å². The molecule has 1 fully saturated rings. The van der Waals surface area contributed by atoms with Gasteiger partial charge in [0.2, 0.25) is 0 Å². The van der Waals surface area contributed by atoms with Crippen LogP contribution in [0.4, 0.5) is 0 Å². The standard InChI is InChI=1S/C16H32O/c1-4-7-8-13-9-11-15(12-10-13)16(17)14(5-2)6-3/h13-17H,4-12H2,1-3H3. The molecule has 0 saturated heterocycles. The molecule has 1 aliphatic rings. The topological polar surface area (TPSA) is 20.2 Å². The molecule has 1 saturated carbocycles. The molecule has 1 nitrogen and oxygen atoms in total. The minimum atomic E-state index is -0.0304. The SMILES string of the molecule is CCCCC1CCC(C(O)C(CC)CC)CC1. The van der Waals surface area contributed by atoms with Crippen LogP contribution < -0.4 is 0 Å². The van der Waals surface area contributed by atoms with E-state index in [1.165, 1.54) is 44.9 Å². The second-order valence-electron chi connectivity index (χ2n) is 5.99. The van der Waals surface area contributed by atoms with Crippen molar-refractivity contribution in [3.05, 3.63) is 0 Å². The molecule has 1 N–H and O–H groups in total. The Morgan fingerprint density at radius 1 is 1.00 bits per heavy atom. The number of aliphatic hydroxyl groups is 1. The van der Waals surface area contributed by atoms with Crippen molar-refractivity contribution in [3.8, 4) is 0 Å². The summed E-state index contributed by atoms with van der Waals surface area (Å²) >= 11 is 0. The van der Waals surface area contributed by atoms with E-state index in [2.05, 4.69) is 20.8 Å². The average Bonchev–Trinajstić information content (AvgIpc) is 2.38. The molecule has 0 amide bonds. The lowest BCUT2D eigenvalue weighted by molar-refractivity contribution is 0.0221. The lowest BCUT2D eigenvalue weighted by atomic mass is 9.74. The summed E-state index contributed by atoms with van der Waals surface area (Å²) < 4.78 is 0. The summed E-state index contributed by atoms with van der Waals surface area (Å²) in [4.78, 5) is 0. The molecule has 0 heterocycles. The fraction of sp³-hybridized carbons (Fsp3) is 1.00. The first-order valence-corrected chi connectivity index (χ1v) is 7.90. The van der Waals surface area contributed by atoms with Crippen LogP contribution in [0.15, 0.2) is 0 Å². The van der Waals surface area contributed by atoms with Gasteiger partial charge in [-0.1, -0.05) is 65.7 Å². The molecular weight excluding hydrogens is 208 g/mol. The Bertz CT molecular complexity index is 178. The fourth-order valence-corrected chi connectivity index (χ4v) is 3.47. The third kappa shape index (κ3) is 4.62. The Balaban J connectivity index is 2.30. The van der Waals surface area contributed by atoms with Gasteiger partial charge in [-0.2, -0.15) is 0 Å². The second-order valence-corrected chi connectivity index (χ2v) is 5.99. The van der Waals surface area contributed by atoms with Gasteiger partial charge in [0.15, 0.2) is 0 Å². The first-order chi connectivity index (χ1) is 8.22. The number of aliphatic hydroxyl groups excluding tert-OH is 1. The maximum Gasteiger partial charge on any atom is 0.0596 e. The molecule has 1 unspecified atom stereocenters. The highest BCUT2D eigenvalue weighted by Gasteiger charge is 2.29. The molecule has 1 aliphatic carbocycles. The van der Waals surface area contributed by atoms with Crippen LogP contribution in [0.2, 0.25) is 0 Å². The number of rotatable bonds is 7. The molecule has 0 radical (unpaired) electrons. The lowest BCUT2D eigenvalue weighted by Crippen LogP contribution is -2.31. The molecule has 0 aromatic heterocycles. The van der Waals surface area contributed by atoms with E-state index in [1.807, 2.05) is 0 Å². The van der Waals surface area contributed by atoms with Crippen LogP contribution in [-0.4, -0.2) is 11.2 Å². The van der Waals surface area contributed by atoms with Crippen molar-refractivity contribution in [1.82, 2.24) is 0 Å².